The molecule has 2 rings (SSSR count). The van der Waals surface area contributed by atoms with E-state index in [-0.39, 0.29) is 30.2 Å². The number of rotatable bonds is 6. The average Bonchev–Trinajstić information content (AvgIpc) is 3.01. The van der Waals surface area contributed by atoms with Crippen molar-refractivity contribution in [2.45, 2.75) is 45.7 Å². The summed E-state index contributed by atoms with van der Waals surface area (Å²) in [5.74, 6) is -0.972. The molecule has 0 aliphatic carbocycles. The first-order chi connectivity index (χ1) is 11.8. The van der Waals surface area contributed by atoms with Crippen molar-refractivity contribution < 1.29 is 19.5 Å². The average molecular weight is 346 g/mol. The molecule has 1 aliphatic heterocycles. The SMILES string of the molecule is CC(C)C(=O)N(C)Cc1ccc(C(=O)N2CCCC2CC(=O)O)cc1. The summed E-state index contributed by atoms with van der Waals surface area (Å²) in [5, 5.41) is 8.98. The Morgan fingerprint density at radius 2 is 1.88 bits per heavy atom. The summed E-state index contributed by atoms with van der Waals surface area (Å²) in [5.41, 5.74) is 1.51. The lowest BCUT2D eigenvalue weighted by Crippen LogP contribution is -2.36. The number of carbonyl (C=O) groups excluding carboxylic acids is 2. The minimum atomic E-state index is -0.877. The van der Waals surface area contributed by atoms with E-state index in [9.17, 15) is 14.4 Å². The fraction of sp³-hybridized carbons (Fsp3) is 0.526. The molecule has 136 valence electrons. The van der Waals surface area contributed by atoms with Crippen molar-refractivity contribution in [1.29, 1.82) is 0 Å². The second-order valence-electron chi connectivity index (χ2n) is 6.94. The topological polar surface area (TPSA) is 77.9 Å². The van der Waals surface area contributed by atoms with Crippen LogP contribution in [-0.4, -0.2) is 52.3 Å². The van der Waals surface area contributed by atoms with E-state index < -0.39 is 5.97 Å². The number of benzene rings is 1. The maximum atomic E-state index is 12.6. The molecule has 1 N–H and O–H groups in total. The monoisotopic (exact) mass is 346 g/mol. The Kier molecular flexibility index (Phi) is 6.17. The molecular formula is C19H26N2O4. The van der Waals surface area contributed by atoms with Gasteiger partial charge in [0, 0.05) is 37.7 Å². The van der Waals surface area contributed by atoms with Crippen molar-refractivity contribution in [3.63, 3.8) is 0 Å². The molecule has 6 heteroatoms. The van der Waals surface area contributed by atoms with Gasteiger partial charge in [-0.15, -0.1) is 0 Å². The van der Waals surface area contributed by atoms with E-state index in [1.54, 1.807) is 29.0 Å². The summed E-state index contributed by atoms with van der Waals surface area (Å²) in [6.07, 6.45) is 1.56. The van der Waals surface area contributed by atoms with Gasteiger partial charge in [-0.2, -0.15) is 0 Å². The van der Waals surface area contributed by atoms with Crippen LogP contribution in [0.4, 0.5) is 0 Å². The third kappa shape index (κ3) is 4.81. The van der Waals surface area contributed by atoms with Crippen LogP contribution in [0.3, 0.4) is 0 Å². The number of carboxylic acid groups (broad SMARTS) is 1. The van der Waals surface area contributed by atoms with Crippen LogP contribution in [0, 0.1) is 5.92 Å². The first kappa shape index (κ1) is 19.0. The van der Waals surface area contributed by atoms with E-state index in [0.29, 0.717) is 18.7 Å². The van der Waals surface area contributed by atoms with Crippen LogP contribution in [-0.2, 0) is 16.1 Å². The van der Waals surface area contributed by atoms with Crippen LogP contribution in [0.1, 0.15) is 49.0 Å². The van der Waals surface area contributed by atoms with E-state index in [1.807, 2.05) is 26.0 Å². The zero-order valence-corrected chi connectivity index (χ0v) is 15.1. The summed E-state index contributed by atoms with van der Waals surface area (Å²) in [7, 11) is 1.77. The lowest BCUT2D eigenvalue weighted by Gasteiger charge is -2.24. The molecule has 0 bridgehead atoms. The quantitative estimate of drug-likeness (QED) is 0.858. The minimum absolute atomic E-state index is 0.00800. The number of carboxylic acids is 1. The van der Waals surface area contributed by atoms with E-state index in [4.69, 9.17) is 5.11 Å². The molecule has 0 saturated carbocycles. The maximum absolute atomic E-state index is 12.6. The first-order valence-corrected chi connectivity index (χ1v) is 8.66. The molecule has 2 amide bonds. The molecule has 0 spiro atoms. The van der Waals surface area contributed by atoms with Crippen molar-refractivity contribution in [2.75, 3.05) is 13.6 Å². The van der Waals surface area contributed by atoms with Crippen LogP contribution in [0.5, 0.6) is 0 Å². The smallest absolute Gasteiger partial charge is 0.305 e. The van der Waals surface area contributed by atoms with Crippen molar-refractivity contribution in [3.05, 3.63) is 35.4 Å². The van der Waals surface area contributed by atoms with Gasteiger partial charge in [-0.25, -0.2) is 0 Å². The Bertz CT molecular complexity index is 639. The Morgan fingerprint density at radius 1 is 1.24 bits per heavy atom. The number of amides is 2. The third-order valence-corrected chi connectivity index (χ3v) is 4.54. The minimum Gasteiger partial charge on any atom is -0.481 e. The lowest BCUT2D eigenvalue weighted by atomic mass is 10.1. The van der Waals surface area contributed by atoms with Gasteiger partial charge >= 0.3 is 5.97 Å². The molecule has 6 nitrogen and oxygen atoms in total. The van der Waals surface area contributed by atoms with Gasteiger partial charge < -0.3 is 14.9 Å². The fourth-order valence-electron chi connectivity index (χ4n) is 3.23. The number of carbonyl (C=O) groups is 3. The molecule has 1 fully saturated rings. The number of hydrogen-bond donors (Lipinski definition) is 1. The molecule has 1 aromatic carbocycles. The summed E-state index contributed by atoms with van der Waals surface area (Å²) < 4.78 is 0. The van der Waals surface area contributed by atoms with Crippen molar-refractivity contribution >= 4 is 17.8 Å². The summed E-state index contributed by atoms with van der Waals surface area (Å²) in [6, 6.07) is 6.97. The molecule has 25 heavy (non-hydrogen) atoms. The highest BCUT2D eigenvalue weighted by Gasteiger charge is 2.30. The highest BCUT2D eigenvalue weighted by atomic mass is 16.4. The number of aliphatic carboxylic acids is 1. The summed E-state index contributed by atoms with van der Waals surface area (Å²) in [4.78, 5) is 38.9. The Balaban J connectivity index is 2.02. The van der Waals surface area contributed by atoms with E-state index in [1.165, 1.54) is 0 Å². The van der Waals surface area contributed by atoms with Gasteiger partial charge in [-0.3, -0.25) is 14.4 Å². The maximum Gasteiger partial charge on any atom is 0.305 e. The predicted octanol–water partition coefficient (Wildman–Crippen LogP) is 2.38. The largest absolute Gasteiger partial charge is 0.481 e. The van der Waals surface area contributed by atoms with Crippen LogP contribution in [0.2, 0.25) is 0 Å². The van der Waals surface area contributed by atoms with Crippen LogP contribution < -0.4 is 0 Å². The second-order valence-corrected chi connectivity index (χ2v) is 6.94. The molecule has 0 aromatic heterocycles. The standard InChI is InChI=1S/C19H26N2O4/c1-13(2)18(24)20(3)12-14-6-8-15(9-7-14)19(25)21-10-4-5-16(21)11-17(22)23/h6-9,13,16H,4-5,10-12H2,1-3H3,(H,22,23). The summed E-state index contributed by atoms with van der Waals surface area (Å²) in [6.45, 7) is 4.83. The number of hydrogen-bond acceptors (Lipinski definition) is 3. The fourth-order valence-corrected chi connectivity index (χ4v) is 3.23. The molecule has 1 unspecified atom stereocenters. The molecule has 0 radical (unpaired) electrons. The Morgan fingerprint density at radius 3 is 2.44 bits per heavy atom. The van der Waals surface area contributed by atoms with E-state index in [2.05, 4.69) is 0 Å². The van der Waals surface area contributed by atoms with Crippen molar-refractivity contribution in [2.24, 2.45) is 5.92 Å². The molecule has 1 aromatic rings. The summed E-state index contributed by atoms with van der Waals surface area (Å²) >= 11 is 0. The normalized spacial score (nSPS) is 17.0. The van der Waals surface area contributed by atoms with Crippen LogP contribution >= 0.6 is 0 Å². The Labute approximate surface area is 148 Å². The molecular weight excluding hydrogens is 320 g/mol. The van der Waals surface area contributed by atoms with Crippen molar-refractivity contribution in [1.82, 2.24) is 9.80 Å². The van der Waals surface area contributed by atoms with Gasteiger partial charge in [0.1, 0.15) is 0 Å². The second kappa shape index (κ2) is 8.14. The number of nitrogens with zero attached hydrogens (tertiary/aromatic N) is 2. The van der Waals surface area contributed by atoms with Gasteiger partial charge in [-0.05, 0) is 30.5 Å². The molecule has 1 heterocycles. The molecule has 1 saturated heterocycles. The van der Waals surface area contributed by atoms with Gasteiger partial charge in [0.15, 0.2) is 0 Å². The van der Waals surface area contributed by atoms with E-state index in [0.717, 1.165) is 18.4 Å². The zero-order chi connectivity index (χ0) is 18.6. The first-order valence-electron chi connectivity index (χ1n) is 8.66. The predicted molar refractivity (Wildman–Crippen MR) is 94.1 cm³/mol. The lowest BCUT2D eigenvalue weighted by molar-refractivity contribution is -0.138. The van der Waals surface area contributed by atoms with Gasteiger partial charge in [0.25, 0.3) is 5.91 Å². The zero-order valence-electron chi connectivity index (χ0n) is 15.1. The van der Waals surface area contributed by atoms with Crippen LogP contribution in [0.15, 0.2) is 24.3 Å². The highest BCUT2D eigenvalue weighted by molar-refractivity contribution is 5.95. The van der Waals surface area contributed by atoms with E-state index >= 15 is 0 Å². The highest BCUT2D eigenvalue weighted by Crippen LogP contribution is 2.23. The van der Waals surface area contributed by atoms with Gasteiger partial charge in [0.05, 0.1) is 6.42 Å². The van der Waals surface area contributed by atoms with Crippen LogP contribution in [0.25, 0.3) is 0 Å². The number of likely N-dealkylation sites (tertiary alicyclic amines) is 1. The third-order valence-electron chi connectivity index (χ3n) is 4.54. The molecule has 1 aliphatic rings. The van der Waals surface area contributed by atoms with Gasteiger partial charge in [-0.1, -0.05) is 26.0 Å². The Hall–Kier alpha value is -2.37. The van der Waals surface area contributed by atoms with Gasteiger partial charge in [0.2, 0.25) is 5.91 Å². The van der Waals surface area contributed by atoms with Crippen molar-refractivity contribution in [3.8, 4) is 0 Å². The molecule has 1 atom stereocenters.